The molecule has 0 aliphatic heterocycles. The summed E-state index contributed by atoms with van der Waals surface area (Å²) < 4.78 is 0. The second-order valence-corrected chi connectivity index (χ2v) is 5.65. The standard InChI is InChI=1S/C16H26N2O/c1-4-5-13-6-8-14(9-7-13)16(2,3)12-18-15(19)10-11-17/h6-9H,4-5,10-12,17H2,1-3H3,(H,18,19). The zero-order valence-electron chi connectivity index (χ0n) is 12.3. The number of hydrogen-bond acceptors (Lipinski definition) is 2. The number of carbonyl (C=O) groups is 1. The summed E-state index contributed by atoms with van der Waals surface area (Å²) in [5, 5.41) is 2.94. The Balaban J connectivity index is 2.63. The molecule has 0 saturated heterocycles. The predicted molar refractivity (Wildman–Crippen MR) is 80.1 cm³/mol. The van der Waals surface area contributed by atoms with Crippen molar-refractivity contribution in [3.05, 3.63) is 35.4 Å². The van der Waals surface area contributed by atoms with Crippen molar-refractivity contribution in [2.24, 2.45) is 5.73 Å². The van der Waals surface area contributed by atoms with Gasteiger partial charge in [-0.05, 0) is 17.5 Å². The van der Waals surface area contributed by atoms with E-state index in [2.05, 4.69) is 50.4 Å². The highest BCUT2D eigenvalue weighted by atomic mass is 16.1. The van der Waals surface area contributed by atoms with Crippen molar-refractivity contribution in [1.29, 1.82) is 0 Å². The van der Waals surface area contributed by atoms with Crippen molar-refractivity contribution >= 4 is 5.91 Å². The van der Waals surface area contributed by atoms with Crippen LogP contribution >= 0.6 is 0 Å². The quantitative estimate of drug-likeness (QED) is 0.792. The van der Waals surface area contributed by atoms with Crippen LogP contribution in [0.5, 0.6) is 0 Å². The molecule has 19 heavy (non-hydrogen) atoms. The van der Waals surface area contributed by atoms with Crippen LogP contribution in [0.3, 0.4) is 0 Å². The number of nitrogens with one attached hydrogen (secondary N) is 1. The summed E-state index contributed by atoms with van der Waals surface area (Å²) in [4.78, 5) is 11.5. The third kappa shape index (κ3) is 5.03. The van der Waals surface area contributed by atoms with Crippen LogP contribution < -0.4 is 11.1 Å². The summed E-state index contributed by atoms with van der Waals surface area (Å²) in [6.07, 6.45) is 2.68. The van der Waals surface area contributed by atoms with Crippen molar-refractivity contribution in [1.82, 2.24) is 5.32 Å². The molecule has 0 saturated carbocycles. The van der Waals surface area contributed by atoms with Crippen LogP contribution in [0.1, 0.15) is 44.7 Å². The Labute approximate surface area is 116 Å². The maximum Gasteiger partial charge on any atom is 0.221 e. The summed E-state index contributed by atoms with van der Waals surface area (Å²) in [6.45, 7) is 7.51. The molecular formula is C16H26N2O. The van der Waals surface area contributed by atoms with E-state index in [-0.39, 0.29) is 11.3 Å². The highest BCUT2D eigenvalue weighted by Crippen LogP contribution is 2.23. The third-order valence-corrected chi connectivity index (χ3v) is 3.37. The molecule has 0 radical (unpaired) electrons. The Kier molecular flexibility index (Phi) is 6.03. The Morgan fingerprint density at radius 2 is 1.89 bits per heavy atom. The number of carbonyl (C=O) groups excluding carboxylic acids is 1. The topological polar surface area (TPSA) is 55.1 Å². The van der Waals surface area contributed by atoms with E-state index in [9.17, 15) is 4.79 Å². The fourth-order valence-corrected chi connectivity index (χ4v) is 2.05. The van der Waals surface area contributed by atoms with Crippen LogP contribution in [-0.4, -0.2) is 19.0 Å². The molecule has 1 rings (SSSR count). The third-order valence-electron chi connectivity index (χ3n) is 3.37. The Bertz CT molecular complexity index is 396. The molecule has 0 bridgehead atoms. The first-order chi connectivity index (χ1) is 8.99. The van der Waals surface area contributed by atoms with Gasteiger partial charge in [-0.25, -0.2) is 0 Å². The average molecular weight is 262 g/mol. The van der Waals surface area contributed by atoms with Crippen molar-refractivity contribution < 1.29 is 4.79 Å². The number of rotatable bonds is 7. The lowest BCUT2D eigenvalue weighted by Gasteiger charge is -2.26. The molecule has 0 atom stereocenters. The number of aryl methyl sites for hydroxylation is 1. The van der Waals surface area contributed by atoms with E-state index in [1.807, 2.05) is 0 Å². The summed E-state index contributed by atoms with van der Waals surface area (Å²) in [6, 6.07) is 8.70. The molecule has 0 aliphatic carbocycles. The fraction of sp³-hybridized carbons (Fsp3) is 0.562. The molecule has 3 nitrogen and oxygen atoms in total. The summed E-state index contributed by atoms with van der Waals surface area (Å²) >= 11 is 0. The number of nitrogens with two attached hydrogens (primary N) is 1. The molecule has 1 aromatic rings. The molecule has 0 spiro atoms. The van der Waals surface area contributed by atoms with Crippen LogP contribution in [0.25, 0.3) is 0 Å². The fourth-order valence-electron chi connectivity index (χ4n) is 2.05. The van der Waals surface area contributed by atoms with Gasteiger partial charge in [0.15, 0.2) is 0 Å². The van der Waals surface area contributed by atoms with Crippen LogP contribution in [0, 0.1) is 0 Å². The second kappa shape index (κ2) is 7.29. The molecule has 0 heterocycles. The van der Waals surface area contributed by atoms with E-state index < -0.39 is 0 Å². The monoisotopic (exact) mass is 262 g/mol. The highest BCUT2D eigenvalue weighted by molar-refractivity contribution is 5.76. The van der Waals surface area contributed by atoms with Crippen LogP contribution in [0.15, 0.2) is 24.3 Å². The van der Waals surface area contributed by atoms with E-state index >= 15 is 0 Å². The molecule has 106 valence electrons. The Morgan fingerprint density at radius 1 is 1.26 bits per heavy atom. The lowest BCUT2D eigenvalue weighted by molar-refractivity contribution is -0.121. The summed E-state index contributed by atoms with van der Waals surface area (Å²) in [7, 11) is 0. The first-order valence-electron chi connectivity index (χ1n) is 7.06. The second-order valence-electron chi connectivity index (χ2n) is 5.65. The van der Waals surface area contributed by atoms with Gasteiger partial charge < -0.3 is 11.1 Å². The normalized spacial score (nSPS) is 11.4. The molecule has 0 aromatic heterocycles. The molecule has 0 fully saturated rings. The van der Waals surface area contributed by atoms with Gasteiger partial charge in [0, 0.05) is 24.9 Å². The van der Waals surface area contributed by atoms with Crippen LogP contribution in [-0.2, 0) is 16.6 Å². The Morgan fingerprint density at radius 3 is 2.42 bits per heavy atom. The van der Waals surface area contributed by atoms with Gasteiger partial charge in [-0.2, -0.15) is 0 Å². The Hall–Kier alpha value is -1.35. The molecule has 1 aromatic carbocycles. The van der Waals surface area contributed by atoms with E-state index in [1.54, 1.807) is 0 Å². The zero-order chi connectivity index (χ0) is 14.3. The van der Waals surface area contributed by atoms with Gasteiger partial charge in [-0.1, -0.05) is 51.5 Å². The van der Waals surface area contributed by atoms with Gasteiger partial charge in [0.25, 0.3) is 0 Å². The average Bonchev–Trinajstić information content (AvgIpc) is 2.38. The van der Waals surface area contributed by atoms with Crippen LogP contribution in [0.2, 0.25) is 0 Å². The lowest BCUT2D eigenvalue weighted by atomic mass is 9.84. The molecule has 3 N–H and O–H groups in total. The summed E-state index contributed by atoms with van der Waals surface area (Å²) in [5.74, 6) is 0.0261. The highest BCUT2D eigenvalue weighted by Gasteiger charge is 2.21. The minimum absolute atomic E-state index is 0.0261. The van der Waals surface area contributed by atoms with E-state index in [0.717, 1.165) is 12.8 Å². The van der Waals surface area contributed by atoms with Gasteiger partial charge >= 0.3 is 0 Å². The van der Waals surface area contributed by atoms with Crippen molar-refractivity contribution in [2.75, 3.05) is 13.1 Å². The van der Waals surface area contributed by atoms with Crippen molar-refractivity contribution in [3.8, 4) is 0 Å². The molecule has 0 unspecified atom stereocenters. The minimum Gasteiger partial charge on any atom is -0.355 e. The van der Waals surface area contributed by atoms with Gasteiger partial charge in [0.2, 0.25) is 5.91 Å². The number of benzene rings is 1. The number of hydrogen-bond donors (Lipinski definition) is 2. The zero-order valence-corrected chi connectivity index (χ0v) is 12.3. The molecule has 1 amide bonds. The number of amides is 1. The predicted octanol–water partition coefficient (Wildman–Crippen LogP) is 2.38. The lowest BCUT2D eigenvalue weighted by Crippen LogP contribution is -2.37. The van der Waals surface area contributed by atoms with Gasteiger partial charge in [0.1, 0.15) is 0 Å². The maximum atomic E-state index is 11.5. The van der Waals surface area contributed by atoms with E-state index in [0.29, 0.717) is 19.5 Å². The first-order valence-corrected chi connectivity index (χ1v) is 7.06. The van der Waals surface area contributed by atoms with Gasteiger partial charge in [-0.3, -0.25) is 4.79 Å². The molecule has 0 aliphatic rings. The first kappa shape index (κ1) is 15.7. The minimum atomic E-state index is -0.0605. The molecular weight excluding hydrogens is 236 g/mol. The van der Waals surface area contributed by atoms with Crippen molar-refractivity contribution in [2.45, 2.75) is 45.4 Å². The van der Waals surface area contributed by atoms with Crippen molar-refractivity contribution in [3.63, 3.8) is 0 Å². The van der Waals surface area contributed by atoms with Crippen LogP contribution in [0.4, 0.5) is 0 Å². The largest absolute Gasteiger partial charge is 0.355 e. The van der Waals surface area contributed by atoms with Gasteiger partial charge in [0.05, 0.1) is 0 Å². The van der Waals surface area contributed by atoms with Gasteiger partial charge in [-0.15, -0.1) is 0 Å². The maximum absolute atomic E-state index is 11.5. The summed E-state index contributed by atoms with van der Waals surface area (Å²) in [5.41, 5.74) is 7.92. The van der Waals surface area contributed by atoms with E-state index in [4.69, 9.17) is 5.73 Å². The SMILES string of the molecule is CCCc1ccc(C(C)(C)CNC(=O)CCN)cc1. The van der Waals surface area contributed by atoms with E-state index in [1.165, 1.54) is 11.1 Å². The molecule has 3 heteroatoms. The smallest absolute Gasteiger partial charge is 0.221 e.